The Bertz CT molecular complexity index is 1670. The summed E-state index contributed by atoms with van der Waals surface area (Å²) in [6, 6.07) is 9.21. The number of carbonyl (C=O) groups excluding carboxylic acids is 1. The molecule has 4 rings (SSSR count). The molecule has 1 aliphatic heterocycles. The molecule has 10 nitrogen and oxygen atoms in total. The first-order valence-electron chi connectivity index (χ1n) is 12.3. The lowest BCUT2D eigenvalue weighted by atomic mass is 9.95. The number of aryl methyl sites for hydroxylation is 1. The molecule has 204 valence electrons. The van der Waals surface area contributed by atoms with Gasteiger partial charge in [-0.25, -0.2) is 9.79 Å². The molecular weight excluding hydrogens is 522 g/mol. The van der Waals surface area contributed by atoms with E-state index in [1.54, 1.807) is 57.2 Å². The summed E-state index contributed by atoms with van der Waals surface area (Å²) in [5.41, 5.74) is 1.88. The predicted octanol–water partition coefficient (Wildman–Crippen LogP) is 3.81. The van der Waals surface area contributed by atoms with Crippen LogP contribution in [0.4, 0.5) is 5.69 Å². The van der Waals surface area contributed by atoms with Crippen molar-refractivity contribution in [3.8, 4) is 11.5 Å². The van der Waals surface area contributed by atoms with E-state index in [9.17, 15) is 19.7 Å². The van der Waals surface area contributed by atoms with Gasteiger partial charge in [0.25, 0.3) is 11.2 Å². The van der Waals surface area contributed by atoms with Gasteiger partial charge in [-0.2, -0.15) is 0 Å². The Morgan fingerprint density at radius 2 is 1.95 bits per heavy atom. The Morgan fingerprint density at radius 3 is 2.59 bits per heavy atom. The van der Waals surface area contributed by atoms with Gasteiger partial charge in [0.05, 0.1) is 46.6 Å². The topological polar surface area (TPSA) is 122 Å². The van der Waals surface area contributed by atoms with Gasteiger partial charge in [0, 0.05) is 11.6 Å². The standard InChI is InChI=1S/C28H29N3O7S/c1-7-37-27(33)24-17(5)29-28-30(25(24)19-10-11-21(38-15(2)3)22(14-19)36-6)26(32)23(39-28)13-18-9-8-16(4)20(12-18)31(34)35/h8-15,25H,7H2,1-6H3. The third kappa shape index (κ3) is 5.49. The van der Waals surface area contributed by atoms with Crippen molar-refractivity contribution in [3.05, 3.63) is 94.2 Å². The van der Waals surface area contributed by atoms with Crippen molar-refractivity contribution >= 4 is 29.1 Å². The number of benzene rings is 2. The molecule has 2 heterocycles. The molecule has 11 heteroatoms. The molecule has 0 bridgehead atoms. The lowest BCUT2D eigenvalue weighted by Crippen LogP contribution is -2.40. The second-order valence-electron chi connectivity index (χ2n) is 9.18. The number of hydrogen-bond acceptors (Lipinski definition) is 9. The van der Waals surface area contributed by atoms with Gasteiger partial charge in [0.2, 0.25) is 0 Å². The maximum Gasteiger partial charge on any atom is 0.338 e. The molecule has 3 aromatic rings. The van der Waals surface area contributed by atoms with Crippen molar-refractivity contribution in [2.45, 2.75) is 46.8 Å². The lowest BCUT2D eigenvalue weighted by molar-refractivity contribution is -0.385. The summed E-state index contributed by atoms with van der Waals surface area (Å²) in [5.74, 6) is 0.407. The van der Waals surface area contributed by atoms with Crippen LogP contribution in [0.2, 0.25) is 0 Å². The molecule has 1 unspecified atom stereocenters. The number of esters is 1. The molecule has 1 aromatic heterocycles. The first kappa shape index (κ1) is 27.8. The van der Waals surface area contributed by atoms with Gasteiger partial charge in [-0.15, -0.1) is 0 Å². The third-order valence-electron chi connectivity index (χ3n) is 6.11. The van der Waals surface area contributed by atoms with Crippen molar-refractivity contribution in [3.63, 3.8) is 0 Å². The number of thiazole rings is 1. The number of hydrogen-bond donors (Lipinski definition) is 0. The number of rotatable bonds is 8. The molecule has 1 aliphatic rings. The average molecular weight is 552 g/mol. The van der Waals surface area contributed by atoms with Crippen LogP contribution in [0.5, 0.6) is 11.5 Å². The van der Waals surface area contributed by atoms with Crippen molar-refractivity contribution < 1.29 is 23.9 Å². The number of nitro benzene ring substituents is 1. The minimum Gasteiger partial charge on any atom is -0.493 e. The summed E-state index contributed by atoms with van der Waals surface area (Å²) in [4.78, 5) is 42.9. The van der Waals surface area contributed by atoms with Crippen LogP contribution in [-0.2, 0) is 9.53 Å². The number of ether oxygens (including phenoxy) is 3. The summed E-state index contributed by atoms with van der Waals surface area (Å²) in [7, 11) is 1.52. The average Bonchev–Trinajstić information content (AvgIpc) is 3.18. The quantitative estimate of drug-likeness (QED) is 0.237. The van der Waals surface area contributed by atoms with Crippen molar-refractivity contribution in [1.82, 2.24) is 4.57 Å². The highest BCUT2D eigenvalue weighted by molar-refractivity contribution is 7.07. The van der Waals surface area contributed by atoms with Gasteiger partial charge in [-0.1, -0.05) is 29.5 Å². The highest BCUT2D eigenvalue weighted by Crippen LogP contribution is 2.36. The first-order valence-corrected chi connectivity index (χ1v) is 13.2. The van der Waals surface area contributed by atoms with E-state index >= 15 is 0 Å². The Kier molecular flexibility index (Phi) is 8.01. The largest absolute Gasteiger partial charge is 0.493 e. The van der Waals surface area contributed by atoms with Gasteiger partial charge in [0.15, 0.2) is 16.3 Å². The monoisotopic (exact) mass is 551 g/mol. The van der Waals surface area contributed by atoms with Crippen LogP contribution in [-0.4, -0.2) is 35.3 Å². The summed E-state index contributed by atoms with van der Waals surface area (Å²) in [6.07, 6.45) is 1.51. The van der Waals surface area contributed by atoms with Crippen LogP contribution in [0, 0.1) is 17.0 Å². The summed E-state index contributed by atoms with van der Waals surface area (Å²) >= 11 is 1.14. The molecule has 0 spiro atoms. The summed E-state index contributed by atoms with van der Waals surface area (Å²) < 4.78 is 18.5. The van der Waals surface area contributed by atoms with Crippen LogP contribution in [0.15, 0.2) is 57.5 Å². The smallest absolute Gasteiger partial charge is 0.338 e. The highest BCUT2D eigenvalue weighted by Gasteiger charge is 2.34. The normalized spacial score (nSPS) is 15.2. The van der Waals surface area contributed by atoms with E-state index in [4.69, 9.17) is 14.2 Å². The van der Waals surface area contributed by atoms with Crippen LogP contribution < -0.4 is 24.4 Å². The Hall–Kier alpha value is -4.25. The molecule has 0 amide bonds. The summed E-state index contributed by atoms with van der Waals surface area (Å²) in [5, 5.41) is 11.4. The van der Waals surface area contributed by atoms with Crippen LogP contribution in [0.1, 0.15) is 50.4 Å². The second-order valence-corrected chi connectivity index (χ2v) is 10.2. The van der Waals surface area contributed by atoms with Crippen molar-refractivity contribution in [2.75, 3.05) is 13.7 Å². The fourth-order valence-electron chi connectivity index (χ4n) is 4.38. The van der Waals surface area contributed by atoms with Gasteiger partial charge >= 0.3 is 5.97 Å². The number of nitro groups is 1. The zero-order valence-corrected chi connectivity index (χ0v) is 23.3. The summed E-state index contributed by atoms with van der Waals surface area (Å²) in [6.45, 7) is 9.02. The van der Waals surface area contributed by atoms with Crippen LogP contribution in [0.3, 0.4) is 0 Å². The molecule has 0 aliphatic carbocycles. The van der Waals surface area contributed by atoms with Gasteiger partial charge in [0.1, 0.15) is 0 Å². The number of nitrogens with zero attached hydrogens (tertiary/aromatic N) is 3. The minimum absolute atomic E-state index is 0.0364. The Morgan fingerprint density at radius 1 is 1.21 bits per heavy atom. The second kappa shape index (κ2) is 11.2. The van der Waals surface area contributed by atoms with Crippen LogP contribution in [0.25, 0.3) is 6.08 Å². The molecule has 0 saturated carbocycles. The minimum atomic E-state index is -0.836. The number of aromatic nitrogens is 1. The van der Waals surface area contributed by atoms with E-state index in [1.165, 1.54) is 17.7 Å². The van der Waals surface area contributed by atoms with E-state index < -0.39 is 16.9 Å². The molecular formula is C28H29N3O7S. The van der Waals surface area contributed by atoms with E-state index in [0.29, 0.717) is 43.2 Å². The first-order chi connectivity index (χ1) is 18.5. The molecule has 0 N–H and O–H groups in total. The third-order valence-corrected chi connectivity index (χ3v) is 7.09. The lowest BCUT2D eigenvalue weighted by Gasteiger charge is -2.25. The maximum absolute atomic E-state index is 13.8. The zero-order chi connectivity index (χ0) is 28.4. The molecule has 0 fully saturated rings. The van der Waals surface area contributed by atoms with Crippen molar-refractivity contribution in [1.29, 1.82) is 0 Å². The van der Waals surface area contributed by atoms with Crippen molar-refractivity contribution in [2.24, 2.45) is 4.99 Å². The van der Waals surface area contributed by atoms with Gasteiger partial charge in [-0.05, 0) is 64.0 Å². The number of carbonyl (C=O) groups is 1. The van der Waals surface area contributed by atoms with Crippen LogP contribution >= 0.6 is 11.3 Å². The molecule has 1 atom stereocenters. The molecule has 2 aromatic carbocycles. The van der Waals surface area contributed by atoms with E-state index in [2.05, 4.69) is 4.99 Å². The molecule has 0 saturated heterocycles. The fourth-order valence-corrected chi connectivity index (χ4v) is 5.42. The zero-order valence-electron chi connectivity index (χ0n) is 22.5. The van der Waals surface area contributed by atoms with Gasteiger partial charge < -0.3 is 14.2 Å². The Balaban J connectivity index is 1.94. The highest BCUT2D eigenvalue weighted by atomic mass is 32.1. The number of fused-ring (bicyclic) bond motifs is 1. The SMILES string of the molecule is CCOC(=O)C1=C(C)N=c2sc(=Cc3ccc(C)c([N+](=O)[O-])c3)c(=O)n2C1c1ccc(OC(C)C)c(OC)c1. The maximum atomic E-state index is 13.8. The van der Waals surface area contributed by atoms with Gasteiger partial charge in [-0.3, -0.25) is 19.5 Å². The number of allylic oxidation sites excluding steroid dienone is 1. The van der Waals surface area contributed by atoms with E-state index in [0.717, 1.165) is 11.3 Å². The molecule has 0 radical (unpaired) electrons. The fraction of sp³-hybridized carbons (Fsp3) is 0.321. The predicted molar refractivity (Wildman–Crippen MR) is 147 cm³/mol. The number of methoxy groups -OCH3 is 1. The Labute approximate surface area is 228 Å². The van der Waals surface area contributed by atoms with E-state index in [-0.39, 0.29) is 29.5 Å². The molecule has 39 heavy (non-hydrogen) atoms. The van der Waals surface area contributed by atoms with E-state index in [1.807, 2.05) is 13.8 Å².